The van der Waals surface area contributed by atoms with E-state index in [1.165, 1.54) is 11.1 Å². The van der Waals surface area contributed by atoms with Crippen molar-refractivity contribution in [1.82, 2.24) is 0 Å². The summed E-state index contributed by atoms with van der Waals surface area (Å²) in [4.78, 5) is 0.438. The van der Waals surface area contributed by atoms with Gasteiger partial charge in [0.25, 0.3) is 0 Å². The summed E-state index contributed by atoms with van der Waals surface area (Å²) < 4.78 is 26.3. The highest BCUT2D eigenvalue weighted by Gasteiger charge is 2.46. The number of hydrogen-bond donors (Lipinski definition) is 0. The Morgan fingerprint density at radius 1 is 0.875 bits per heavy atom. The molecule has 24 heavy (non-hydrogen) atoms. The number of benzene rings is 2. The van der Waals surface area contributed by atoms with Gasteiger partial charge in [0.15, 0.2) is 9.84 Å². The molecule has 0 spiro atoms. The molecular formula is C21H24O2S. The van der Waals surface area contributed by atoms with Crippen molar-refractivity contribution in [3.05, 3.63) is 77.4 Å². The fourth-order valence-electron chi connectivity index (χ4n) is 3.64. The first-order chi connectivity index (χ1) is 11.4. The quantitative estimate of drug-likeness (QED) is 0.737. The molecule has 0 saturated carbocycles. The van der Waals surface area contributed by atoms with E-state index in [-0.39, 0.29) is 0 Å². The van der Waals surface area contributed by atoms with Crippen molar-refractivity contribution < 1.29 is 8.42 Å². The van der Waals surface area contributed by atoms with Crippen LogP contribution in [0.15, 0.2) is 76.7 Å². The zero-order chi connectivity index (χ0) is 17.2. The molecular weight excluding hydrogens is 316 g/mol. The van der Waals surface area contributed by atoms with Crippen LogP contribution in [0.5, 0.6) is 0 Å². The minimum Gasteiger partial charge on any atom is -0.223 e. The lowest BCUT2D eigenvalue weighted by molar-refractivity contribution is 0.450. The van der Waals surface area contributed by atoms with Crippen LogP contribution in [0.25, 0.3) is 0 Å². The zero-order valence-corrected chi connectivity index (χ0v) is 15.1. The molecule has 0 saturated heterocycles. The summed E-state index contributed by atoms with van der Waals surface area (Å²) >= 11 is 0. The second-order valence-corrected chi connectivity index (χ2v) is 9.24. The van der Waals surface area contributed by atoms with E-state index >= 15 is 0 Å². The summed E-state index contributed by atoms with van der Waals surface area (Å²) in [5, 5.41) is 0. The maximum atomic E-state index is 13.5. The van der Waals surface area contributed by atoms with Gasteiger partial charge in [-0.2, -0.15) is 0 Å². The van der Waals surface area contributed by atoms with Crippen molar-refractivity contribution in [3.8, 4) is 0 Å². The topological polar surface area (TPSA) is 34.1 Å². The van der Waals surface area contributed by atoms with Crippen LogP contribution in [0, 0.1) is 0 Å². The Morgan fingerprint density at radius 3 is 2.04 bits per heavy atom. The molecule has 3 heteroatoms. The van der Waals surface area contributed by atoms with E-state index < -0.39 is 14.6 Å². The average Bonchev–Trinajstić information content (AvgIpc) is 2.60. The minimum atomic E-state index is -3.41. The van der Waals surface area contributed by atoms with Gasteiger partial charge in [-0.1, -0.05) is 59.7 Å². The molecule has 2 nitrogen and oxygen atoms in total. The van der Waals surface area contributed by atoms with E-state index in [2.05, 4.69) is 13.8 Å². The highest BCUT2D eigenvalue weighted by Crippen LogP contribution is 2.43. The standard InChI is InChI=1S/C21H24O2S/c1-17-13-14-21(15-18(17)2,16-19-9-5-3-6-10-19)24(22,23)20-11-7-4-8-12-20/h3-12H,13-16H2,1-2H3. The fraction of sp³-hybridized carbons (Fsp3) is 0.333. The summed E-state index contributed by atoms with van der Waals surface area (Å²) in [7, 11) is -3.41. The number of allylic oxidation sites excluding steroid dienone is 2. The van der Waals surface area contributed by atoms with Crippen LogP contribution >= 0.6 is 0 Å². The van der Waals surface area contributed by atoms with Gasteiger partial charge in [0.05, 0.1) is 9.64 Å². The highest BCUT2D eigenvalue weighted by atomic mass is 32.2. The summed E-state index contributed by atoms with van der Waals surface area (Å²) in [5.41, 5.74) is 3.64. The molecule has 2 aromatic carbocycles. The molecule has 1 atom stereocenters. The van der Waals surface area contributed by atoms with Crippen LogP contribution < -0.4 is 0 Å². The first kappa shape index (κ1) is 17.0. The van der Waals surface area contributed by atoms with Crippen LogP contribution in [0.1, 0.15) is 38.7 Å². The average molecular weight is 340 g/mol. The molecule has 1 aliphatic carbocycles. The lowest BCUT2D eigenvalue weighted by atomic mass is 9.81. The summed E-state index contributed by atoms with van der Waals surface area (Å²) in [5.74, 6) is 0. The molecule has 3 rings (SSSR count). The Hall–Kier alpha value is -1.87. The Labute approximate surface area is 145 Å². The van der Waals surface area contributed by atoms with E-state index in [1.807, 2.05) is 36.4 Å². The third kappa shape index (κ3) is 3.05. The predicted octanol–water partition coefficient (Wildman–Crippen LogP) is 4.96. The van der Waals surface area contributed by atoms with Gasteiger partial charge in [0.2, 0.25) is 0 Å². The Morgan fingerprint density at radius 2 is 1.46 bits per heavy atom. The van der Waals surface area contributed by atoms with Crippen LogP contribution in [0.4, 0.5) is 0 Å². The largest absolute Gasteiger partial charge is 0.223 e. The van der Waals surface area contributed by atoms with Gasteiger partial charge >= 0.3 is 0 Å². The van der Waals surface area contributed by atoms with Crippen LogP contribution in [-0.2, 0) is 16.3 Å². The summed E-state index contributed by atoms with van der Waals surface area (Å²) in [6, 6.07) is 18.9. The van der Waals surface area contributed by atoms with Gasteiger partial charge in [-0.3, -0.25) is 0 Å². The van der Waals surface area contributed by atoms with E-state index in [0.29, 0.717) is 24.2 Å². The first-order valence-corrected chi connectivity index (χ1v) is 9.92. The van der Waals surface area contributed by atoms with Gasteiger partial charge < -0.3 is 0 Å². The van der Waals surface area contributed by atoms with Crippen molar-refractivity contribution in [2.45, 2.75) is 49.2 Å². The maximum Gasteiger partial charge on any atom is 0.184 e. The number of rotatable bonds is 4. The molecule has 1 aliphatic rings. The smallest absolute Gasteiger partial charge is 0.184 e. The Balaban J connectivity index is 2.10. The van der Waals surface area contributed by atoms with Gasteiger partial charge in [-0.05, 0) is 57.2 Å². The molecule has 0 N–H and O–H groups in total. The number of hydrogen-bond acceptors (Lipinski definition) is 2. The number of sulfone groups is 1. The van der Waals surface area contributed by atoms with E-state index in [1.54, 1.807) is 24.3 Å². The first-order valence-electron chi connectivity index (χ1n) is 8.43. The van der Waals surface area contributed by atoms with E-state index in [4.69, 9.17) is 0 Å². The molecule has 0 heterocycles. The SMILES string of the molecule is CC1=C(C)CC(Cc2ccccc2)(S(=O)(=O)c2ccccc2)CC1. The predicted molar refractivity (Wildman–Crippen MR) is 98.7 cm³/mol. The van der Waals surface area contributed by atoms with Gasteiger partial charge in [-0.25, -0.2) is 8.42 Å². The van der Waals surface area contributed by atoms with E-state index in [9.17, 15) is 8.42 Å². The minimum absolute atomic E-state index is 0.438. The third-order valence-electron chi connectivity index (χ3n) is 5.26. The van der Waals surface area contributed by atoms with Crippen molar-refractivity contribution in [2.24, 2.45) is 0 Å². The van der Waals surface area contributed by atoms with Gasteiger partial charge in [-0.15, -0.1) is 0 Å². The zero-order valence-electron chi connectivity index (χ0n) is 14.3. The lowest BCUT2D eigenvalue weighted by Crippen LogP contribution is -2.43. The Bertz CT molecular complexity index is 836. The third-order valence-corrected chi connectivity index (χ3v) is 7.79. The molecule has 0 radical (unpaired) electrons. The molecule has 0 aliphatic heterocycles. The summed E-state index contributed by atoms with van der Waals surface area (Å²) in [6.07, 6.45) is 2.72. The van der Waals surface area contributed by atoms with Crippen molar-refractivity contribution >= 4 is 9.84 Å². The molecule has 0 amide bonds. The molecule has 0 fully saturated rings. The van der Waals surface area contributed by atoms with E-state index in [0.717, 1.165) is 12.0 Å². The van der Waals surface area contributed by atoms with Crippen molar-refractivity contribution in [2.75, 3.05) is 0 Å². The molecule has 2 aromatic rings. The molecule has 0 bridgehead atoms. The van der Waals surface area contributed by atoms with Crippen molar-refractivity contribution in [3.63, 3.8) is 0 Å². The van der Waals surface area contributed by atoms with Crippen LogP contribution in [0.2, 0.25) is 0 Å². The fourth-order valence-corrected chi connectivity index (χ4v) is 5.79. The molecule has 0 aromatic heterocycles. The van der Waals surface area contributed by atoms with Crippen LogP contribution in [0.3, 0.4) is 0 Å². The second-order valence-electron chi connectivity index (χ2n) is 6.90. The van der Waals surface area contributed by atoms with Gasteiger partial charge in [0.1, 0.15) is 0 Å². The Kier molecular flexibility index (Phi) is 4.64. The monoisotopic (exact) mass is 340 g/mol. The molecule has 126 valence electrons. The maximum absolute atomic E-state index is 13.5. The van der Waals surface area contributed by atoms with Crippen LogP contribution in [-0.4, -0.2) is 13.2 Å². The summed E-state index contributed by atoms with van der Waals surface area (Å²) in [6.45, 7) is 4.20. The lowest BCUT2D eigenvalue weighted by Gasteiger charge is -2.38. The van der Waals surface area contributed by atoms with Gasteiger partial charge in [0, 0.05) is 0 Å². The molecule has 1 unspecified atom stereocenters. The van der Waals surface area contributed by atoms with Crippen molar-refractivity contribution in [1.29, 1.82) is 0 Å². The second kappa shape index (κ2) is 6.56. The highest BCUT2D eigenvalue weighted by molar-refractivity contribution is 7.92. The normalized spacial score (nSPS) is 21.8.